The summed E-state index contributed by atoms with van der Waals surface area (Å²) >= 11 is 1.29. The van der Waals surface area contributed by atoms with Gasteiger partial charge in [-0.15, -0.1) is 10.2 Å². The van der Waals surface area contributed by atoms with Crippen molar-refractivity contribution >= 4 is 17.5 Å². The van der Waals surface area contributed by atoms with E-state index in [0.29, 0.717) is 22.3 Å². The van der Waals surface area contributed by atoms with Crippen molar-refractivity contribution in [2.24, 2.45) is 0 Å². The first-order chi connectivity index (χ1) is 14.7. The third kappa shape index (κ3) is 4.11. The molecule has 4 rings (SSSR count). The number of hydrogen-bond acceptors (Lipinski definition) is 5. The lowest BCUT2D eigenvalue weighted by Crippen LogP contribution is -2.06. The van der Waals surface area contributed by atoms with Crippen LogP contribution in [0.25, 0.3) is 17.1 Å². The standard InChI is InChI=1S/C23H18FN3O2S/c1-29-21-10-6-5-9-19(21)20(28)15-30-23-26-25-22(16-11-13-17(24)14-12-16)27(23)18-7-3-2-4-8-18/h2-14H,15H2,1H3. The van der Waals surface area contributed by atoms with Gasteiger partial charge in [-0.25, -0.2) is 4.39 Å². The topological polar surface area (TPSA) is 57.0 Å². The molecule has 0 bridgehead atoms. The average molecular weight is 419 g/mol. The number of rotatable bonds is 7. The van der Waals surface area contributed by atoms with Crippen molar-refractivity contribution in [2.45, 2.75) is 5.16 Å². The Kier molecular flexibility index (Phi) is 5.90. The Bertz CT molecular complexity index is 1160. The predicted octanol–water partition coefficient (Wildman–Crippen LogP) is 5.06. The Hall–Kier alpha value is -3.45. The molecule has 0 aliphatic carbocycles. The number of ether oxygens (including phenoxy) is 1. The first-order valence-electron chi connectivity index (χ1n) is 9.23. The van der Waals surface area contributed by atoms with Gasteiger partial charge in [0.05, 0.1) is 18.4 Å². The van der Waals surface area contributed by atoms with Gasteiger partial charge in [-0.2, -0.15) is 0 Å². The largest absolute Gasteiger partial charge is 0.496 e. The van der Waals surface area contributed by atoms with Crippen LogP contribution in [0, 0.1) is 5.82 Å². The molecule has 7 heteroatoms. The maximum atomic E-state index is 13.4. The monoisotopic (exact) mass is 419 g/mol. The molecule has 30 heavy (non-hydrogen) atoms. The van der Waals surface area contributed by atoms with Crippen molar-refractivity contribution in [2.75, 3.05) is 12.9 Å². The lowest BCUT2D eigenvalue weighted by atomic mass is 10.1. The van der Waals surface area contributed by atoms with Gasteiger partial charge < -0.3 is 4.74 Å². The molecule has 5 nitrogen and oxygen atoms in total. The second-order valence-electron chi connectivity index (χ2n) is 6.40. The van der Waals surface area contributed by atoms with Gasteiger partial charge in [0, 0.05) is 11.3 Å². The van der Waals surface area contributed by atoms with Crippen LogP contribution in [0.2, 0.25) is 0 Å². The molecule has 150 valence electrons. The highest BCUT2D eigenvalue weighted by Gasteiger charge is 2.19. The maximum Gasteiger partial charge on any atom is 0.196 e. The van der Waals surface area contributed by atoms with E-state index in [4.69, 9.17) is 4.74 Å². The molecule has 1 aromatic heterocycles. The van der Waals surface area contributed by atoms with Crippen LogP contribution in [-0.4, -0.2) is 33.4 Å². The Morgan fingerprint density at radius 2 is 1.67 bits per heavy atom. The summed E-state index contributed by atoms with van der Waals surface area (Å²) in [5.74, 6) is 0.910. The van der Waals surface area contributed by atoms with Crippen LogP contribution in [-0.2, 0) is 0 Å². The van der Waals surface area contributed by atoms with Crippen molar-refractivity contribution in [3.8, 4) is 22.8 Å². The van der Waals surface area contributed by atoms with Crippen LogP contribution >= 0.6 is 11.8 Å². The number of aromatic nitrogens is 3. The summed E-state index contributed by atoms with van der Waals surface area (Å²) in [7, 11) is 1.54. The third-order valence-corrected chi connectivity index (χ3v) is 5.42. The number of thioether (sulfide) groups is 1. The SMILES string of the molecule is COc1ccccc1C(=O)CSc1nnc(-c2ccc(F)cc2)n1-c1ccccc1. The minimum Gasteiger partial charge on any atom is -0.496 e. The fraction of sp³-hybridized carbons (Fsp3) is 0.0870. The molecule has 0 saturated heterocycles. The fourth-order valence-electron chi connectivity index (χ4n) is 3.04. The smallest absolute Gasteiger partial charge is 0.196 e. The molecule has 0 N–H and O–H groups in total. The summed E-state index contributed by atoms with van der Waals surface area (Å²) in [5.41, 5.74) is 2.11. The first kappa shape index (κ1) is 19.8. The minimum atomic E-state index is -0.318. The molecule has 0 aliphatic rings. The molecule has 4 aromatic rings. The van der Waals surface area contributed by atoms with E-state index in [1.807, 2.05) is 41.0 Å². The number of Topliss-reactive ketones (excluding diaryl/α,β-unsaturated/α-hetero) is 1. The van der Waals surface area contributed by atoms with Gasteiger partial charge in [0.25, 0.3) is 0 Å². The summed E-state index contributed by atoms with van der Waals surface area (Å²) in [6.07, 6.45) is 0. The summed E-state index contributed by atoms with van der Waals surface area (Å²) in [6.45, 7) is 0. The van der Waals surface area contributed by atoms with E-state index in [1.165, 1.54) is 23.9 Å². The van der Waals surface area contributed by atoms with Gasteiger partial charge in [0.1, 0.15) is 11.6 Å². The van der Waals surface area contributed by atoms with Gasteiger partial charge in [-0.3, -0.25) is 9.36 Å². The summed E-state index contributed by atoms with van der Waals surface area (Å²) in [6, 6.07) is 22.8. The Morgan fingerprint density at radius 1 is 0.967 bits per heavy atom. The number of nitrogens with zero attached hydrogens (tertiary/aromatic N) is 3. The third-order valence-electron chi connectivity index (χ3n) is 4.49. The molecule has 1 heterocycles. The molecule has 0 saturated carbocycles. The van der Waals surface area contributed by atoms with Gasteiger partial charge in [0.2, 0.25) is 0 Å². The Morgan fingerprint density at radius 3 is 2.40 bits per heavy atom. The fourth-order valence-corrected chi connectivity index (χ4v) is 3.88. The Labute approximate surface area is 177 Å². The Balaban J connectivity index is 1.67. The zero-order chi connectivity index (χ0) is 20.9. The zero-order valence-electron chi connectivity index (χ0n) is 16.2. The molecule has 0 fully saturated rings. The number of carbonyl (C=O) groups is 1. The van der Waals surface area contributed by atoms with Crippen LogP contribution in [0.1, 0.15) is 10.4 Å². The molecule has 0 radical (unpaired) electrons. The van der Waals surface area contributed by atoms with E-state index in [0.717, 1.165) is 11.3 Å². The van der Waals surface area contributed by atoms with E-state index in [-0.39, 0.29) is 17.4 Å². The van der Waals surface area contributed by atoms with Gasteiger partial charge in [-0.05, 0) is 48.5 Å². The number of ketones is 1. The van der Waals surface area contributed by atoms with Crippen molar-refractivity contribution in [3.63, 3.8) is 0 Å². The number of hydrogen-bond donors (Lipinski definition) is 0. The highest BCUT2D eigenvalue weighted by Crippen LogP contribution is 2.29. The van der Waals surface area contributed by atoms with Crippen molar-refractivity contribution in [3.05, 3.63) is 90.2 Å². The van der Waals surface area contributed by atoms with Crippen LogP contribution in [0.3, 0.4) is 0 Å². The van der Waals surface area contributed by atoms with Crippen molar-refractivity contribution in [1.29, 1.82) is 0 Å². The van der Waals surface area contributed by atoms with Gasteiger partial charge >= 0.3 is 0 Å². The summed E-state index contributed by atoms with van der Waals surface area (Å²) in [4.78, 5) is 12.8. The number of methoxy groups -OCH3 is 1. The van der Waals surface area contributed by atoms with Crippen molar-refractivity contribution < 1.29 is 13.9 Å². The van der Waals surface area contributed by atoms with Gasteiger partial charge in [0.15, 0.2) is 16.8 Å². The number of halogens is 1. The van der Waals surface area contributed by atoms with E-state index < -0.39 is 0 Å². The predicted molar refractivity (Wildman–Crippen MR) is 115 cm³/mol. The molecule has 0 unspecified atom stereocenters. The van der Waals surface area contributed by atoms with Crippen LogP contribution in [0.5, 0.6) is 5.75 Å². The highest BCUT2D eigenvalue weighted by atomic mass is 32.2. The van der Waals surface area contributed by atoms with Crippen LogP contribution in [0.4, 0.5) is 4.39 Å². The molecule has 0 spiro atoms. The molecule has 0 amide bonds. The van der Waals surface area contributed by atoms with Gasteiger partial charge in [-0.1, -0.05) is 42.1 Å². The lowest BCUT2D eigenvalue weighted by Gasteiger charge is -2.11. The van der Waals surface area contributed by atoms with Crippen molar-refractivity contribution in [1.82, 2.24) is 14.8 Å². The molecule has 3 aromatic carbocycles. The summed E-state index contributed by atoms with van der Waals surface area (Å²) < 4.78 is 20.5. The zero-order valence-corrected chi connectivity index (χ0v) is 17.0. The molecular formula is C23H18FN3O2S. The van der Waals surface area contributed by atoms with E-state index in [1.54, 1.807) is 37.4 Å². The van der Waals surface area contributed by atoms with E-state index >= 15 is 0 Å². The van der Waals surface area contributed by atoms with E-state index in [9.17, 15) is 9.18 Å². The second kappa shape index (κ2) is 8.92. The first-order valence-corrected chi connectivity index (χ1v) is 10.2. The normalized spacial score (nSPS) is 10.7. The number of carbonyl (C=O) groups excluding carboxylic acids is 1. The minimum absolute atomic E-state index is 0.0663. The molecular weight excluding hydrogens is 401 g/mol. The molecule has 0 atom stereocenters. The molecule has 0 aliphatic heterocycles. The van der Waals surface area contributed by atoms with Crippen LogP contribution < -0.4 is 4.74 Å². The van der Waals surface area contributed by atoms with E-state index in [2.05, 4.69) is 10.2 Å². The number of para-hydroxylation sites is 2. The highest BCUT2D eigenvalue weighted by molar-refractivity contribution is 7.99. The maximum absolute atomic E-state index is 13.4. The second-order valence-corrected chi connectivity index (χ2v) is 7.34. The lowest BCUT2D eigenvalue weighted by molar-refractivity contribution is 0.101. The van der Waals surface area contributed by atoms with Crippen LogP contribution in [0.15, 0.2) is 84.0 Å². The number of benzene rings is 3. The quantitative estimate of drug-likeness (QED) is 0.310. The average Bonchev–Trinajstić information content (AvgIpc) is 3.22. The summed E-state index contributed by atoms with van der Waals surface area (Å²) in [5, 5.41) is 9.18.